The Kier molecular flexibility index (Phi) is 13.7. The normalized spacial score (nSPS) is 11.3. The third kappa shape index (κ3) is 10.8. The van der Waals surface area contributed by atoms with E-state index in [4.69, 9.17) is 28.4 Å². The maximum atomic E-state index is 14.6. The molecule has 0 aliphatic carbocycles. The van der Waals surface area contributed by atoms with Gasteiger partial charge in [-0.25, -0.2) is 9.97 Å². The molecule has 3 aromatic heterocycles. The van der Waals surface area contributed by atoms with Crippen LogP contribution in [-0.2, 0) is 36.5 Å². The number of carbonyl (C=O) groups is 1. The summed E-state index contributed by atoms with van der Waals surface area (Å²) in [5, 5.41) is 14.4. The number of tetrazole rings is 1. The number of ether oxygens (including phenoxy) is 6. The highest BCUT2D eigenvalue weighted by Gasteiger charge is 2.29. The van der Waals surface area contributed by atoms with Crippen LogP contribution in [0.25, 0.3) is 38.9 Å². The Hall–Kier alpha value is -9.19. The number of aromatic nitrogens is 6. The molecule has 0 aliphatic rings. The van der Waals surface area contributed by atoms with Crippen molar-refractivity contribution in [2.45, 2.75) is 31.3 Å². The van der Waals surface area contributed by atoms with Crippen molar-refractivity contribution in [2.24, 2.45) is 0 Å². The average Bonchev–Trinajstić information content (AvgIpc) is 3.92. The highest BCUT2D eigenvalue weighted by molar-refractivity contribution is 7.86. The van der Waals surface area contributed by atoms with Gasteiger partial charge in [0.15, 0.2) is 23.1 Å². The van der Waals surface area contributed by atoms with Crippen molar-refractivity contribution in [1.29, 1.82) is 0 Å². The lowest BCUT2D eigenvalue weighted by Crippen LogP contribution is -2.15. The molecule has 0 aliphatic heterocycles. The second-order valence-electron chi connectivity index (χ2n) is 16.5. The molecule has 10 aromatic rings. The van der Waals surface area contributed by atoms with E-state index >= 15 is 0 Å². The molecule has 0 spiro atoms. The number of fused-ring (bicyclic) bond motifs is 2. The molecule has 17 heteroatoms. The minimum absolute atomic E-state index is 0.0252. The van der Waals surface area contributed by atoms with Crippen molar-refractivity contribution in [3.8, 4) is 51.6 Å². The lowest BCUT2D eigenvalue weighted by Gasteiger charge is -2.16. The van der Waals surface area contributed by atoms with E-state index in [0.29, 0.717) is 39.9 Å². The molecule has 0 saturated carbocycles. The molecule has 0 fully saturated rings. The van der Waals surface area contributed by atoms with Gasteiger partial charge in [0.2, 0.25) is 0 Å². The number of ketones is 1. The monoisotopic (exact) mass is 992 g/mol. The number of rotatable bonds is 19. The summed E-state index contributed by atoms with van der Waals surface area (Å²) in [6, 6.07) is 52.0. The predicted octanol–water partition coefficient (Wildman–Crippen LogP) is 10.2. The highest BCUT2D eigenvalue weighted by Crippen LogP contribution is 2.35. The van der Waals surface area contributed by atoms with E-state index in [2.05, 4.69) is 25.5 Å². The minimum Gasteiger partial charge on any atom is -0.496 e. The fourth-order valence-electron chi connectivity index (χ4n) is 8.14. The van der Waals surface area contributed by atoms with Gasteiger partial charge in [-0.1, -0.05) is 84.9 Å². The standard InChI is InChI=1S/C56H44N6O10S/c1-67-51-30-40(20-21-41(51)33-69-45-14-8-15-46(31-45)71-35-43-26-23-38-12-4-6-17-48(38)58-43)56-59-60-61-62(56)49-18-9-19-53(73(64,65)66)54(49)55(63)39-24-27-50(52(29-39)68-2)72-32-36-10-7-13-44(28-36)70-34-42-25-22-37-11-3-5-16-47(37)57-42/h3-31H,32-35H2,1-2H3,(H,64,65,66). The van der Waals surface area contributed by atoms with Crippen LogP contribution in [0.15, 0.2) is 181 Å². The Morgan fingerprint density at radius 2 is 1.19 bits per heavy atom. The Balaban J connectivity index is 0.842. The van der Waals surface area contributed by atoms with Gasteiger partial charge in [-0.2, -0.15) is 13.1 Å². The Labute approximate surface area is 419 Å². The van der Waals surface area contributed by atoms with Gasteiger partial charge in [-0.3, -0.25) is 9.35 Å². The minimum atomic E-state index is -4.96. The zero-order valence-corrected chi connectivity index (χ0v) is 40.1. The first kappa shape index (κ1) is 47.5. The van der Waals surface area contributed by atoms with Crippen LogP contribution in [0.1, 0.15) is 38.4 Å². The number of para-hydroxylation sites is 2. The summed E-state index contributed by atoms with van der Waals surface area (Å²) in [7, 11) is -2.03. The first-order chi connectivity index (χ1) is 35.6. The zero-order chi connectivity index (χ0) is 50.3. The predicted molar refractivity (Wildman–Crippen MR) is 271 cm³/mol. The molecule has 16 nitrogen and oxygen atoms in total. The number of hydrogen-bond donors (Lipinski definition) is 1. The van der Waals surface area contributed by atoms with Gasteiger partial charge in [0.25, 0.3) is 10.1 Å². The van der Waals surface area contributed by atoms with Gasteiger partial charge in [-0.15, -0.1) is 5.10 Å². The van der Waals surface area contributed by atoms with E-state index in [0.717, 1.165) is 44.8 Å². The fourth-order valence-corrected chi connectivity index (χ4v) is 8.84. The number of hydrogen-bond acceptors (Lipinski definition) is 14. The molecular weight excluding hydrogens is 949 g/mol. The van der Waals surface area contributed by atoms with Crippen LogP contribution in [0, 0.1) is 0 Å². The summed E-state index contributed by atoms with van der Waals surface area (Å²) in [6.45, 7) is 0.799. The van der Waals surface area contributed by atoms with Crippen molar-refractivity contribution in [2.75, 3.05) is 14.2 Å². The molecule has 0 unspecified atom stereocenters. The molecule has 0 radical (unpaired) electrons. The molecule has 0 amide bonds. The van der Waals surface area contributed by atoms with Gasteiger partial charge in [-0.05, 0) is 101 Å². The number of nitrogens with zero attached hydrogens (tertiary/aromatic N) is 6. The van der Waals surface area contributed by atoms with Gasteiger partial charge in [0.1, 0.15) is 54.3 Å². The van der Waals surface area contributed by atoms with Crippen molar-refractivity contribution in [3.63, 3.8) is 0 Å². The van der Waals surface area contributed by atoms with Gasteiger partial charge >= 0.3 is 0 Å². The third-order valence-corrected chi connectivity index (χ3v) is 12.7. The largest absolute Gasteiger partial charge is 0.496 e. The van der Waals surface area contributed by atoms with Gasteiger partial charge in [0, 0.05) is 33.5 Å². The van der Waals surface area contributed by atoms with E-state index in [-0.39, 0.29) is 54.8 Å². The second kappa shape index (κ2) is 21.0. The molecule has 10 rings (SSSR count). The highest BCUT2D eigenvalue weighted by atomic mass is 32.2. The van der Waals surface area contributed by atoms with Gasteiger partial charge in [0.05, 0.1) is 47.9 Å². The summed E-state index contributed by atoms with van der Waals surface area (Å²) in [5.41, 5.74) is 4.92. The maximum Gasteiger partial charge on any atom is 0.295 e. The van der Waals surface area contributed by atoms with Crippen LogP contribution in [0.2, 0.25) is 0 Å². The maximum absolute atomic E-state index is 14.6. The quantitative estimate of drug-likeness (QED) is 0.0593. The zero-order valence-electron chi connectivity index (χ0n) is 39.3. The molecule has 0 bridgehead atoms. The molecule has 3 heterocycles. The van der Waals surface area contributed by atoms with Crippen LogP contribution in [-0.4, -0.2) is 63.1 Å². The first-order valence-electron chi connectivity index (χ1n) is 22.8. The summed E-state index contributed by atoms with van der Waals surface area (Å²) < 4.78 is 73.4. The SMILES string of the molecule is COc1cc(-c2nnnn2-c2cccc(S(=O)(=O)O)c2C(=O)c2ccc(OCc3cccc(OCc4ccc5ccccc5n4)c3)c(OC)c2)ccc1COc1cccc(OCc2ccc3ccccc3n2)c1. The van der Waals surface area contributed by atoms with Crippen LogP contribution in [0.3, 0.4) is 0 Å². The van der Waals surface area contributed by atoms with Crippen LogP contribution >= 0.6 is 0 Å². The van der Waals surface area contributed by atoms with E-state index in [1.54, 1.807) is 30.3 Å². The Bertz CT molecular complexity index is 3770. The molecule has 1 N–H and O–H groups in total. The number of carbonyl (C=O) groups excluding carboxylic acids is 1. The topological polar surface area (TPSA) is 196 Å². The number of benzene rings is 7. The molecule has 0 saturated heterocycles. The van der Waals surface area contributed by atoms with E-state index in [9.17, 15) is 17.8 Å². The lowest BCUT2D eigenvalue weighted by molar-refractivity contribution is 0.103. The van der Waals surface area contributed by atoms with Gasteiger partial charge < -0.3 is 28.4 Å². The summed E-state index contributed by atoms with van der Waals surface area (Å²) >= 11 is 0. The molecule has 73 heavy (non-hydrogen) atoms. The van der Waals surface area contributed by atoms with Crippen LogP contribution in [0.5, 0.6) is 34.5 Å². The first-order valence-corrected chi connectivity index (χ1v) is 24.2. The summed E-state index contributed by atoms with van der Waals surface area (Å²) in [4.78, 5) is 23.3. The fraction of sp³-hybridized carbons (Fsp3) is 0.107. The molecular formula is C56H44N6O10S. The summed E-state index contributed by atoms with van der Waals surface area (Å²) in [6.07, 6.45) is 0. The number of pyridine rings is 2. The molecule has 7 aromatic carbocycles. The molecule has 364 valence electrons. The van der Waals surface area contributed by atoms with E-state index in [1.807, 2.05) is 115 Å². The lowest BCUT2D eigenvalue weighted by atomic mass is 10.0. The van der Waals surface area contributed by atoms with E-state index in [1.165, 1.54) is 43.2 Å². The number of methoxy groups -OCH3 is 2. The smallest absolute Gasteiger partial charge is 0.295 e. The third-order valence-electron chi connectivity index (χ3n) is 11.8. The molecule has 0 atom stereocenters. The van der Waals surface area contributed by atoms with Crippen LogP contribution < -0.4 is 28.4 Å². The van der Waals surface area contributed by atoms with Crippen LogP contribution in [0.4, 0.5) is 0 Å². The summed E-state index contributed by atoms with van der Waals surface area (Å²) in [5.74, 6) is 2.11. The average molecular weight is 993 g/mol. The van der Waals surface area contributed by atoms with Crippen molar-refractivity contribution in [3.05, 3.63) is 210 Å². The Morgan fingerprint density at radius 1 is 0.562 bits per heavy atom. The Morgan fingerprint density at radius 3 is 1.86 bits per heavy atom. The second-order valence-corrected chi connectivity index (χ2v) is 17.9. The van der Waals surface area contributed by atoms with Crippen molar-refractivity contribution in [1.82, 2.24) is 30.2 Å². The van der Waals surface area contributed by atoms with Crippen molar-refractivity contribution >= 4 is 37.7 Å². The van der Waals surface area contributed by atoms with Crippen molar-refractivity contribution < 1.29 is 46.2 Å². The van der Waals surface area contributed by atoms with E-state index < -0.39 is 20.8 Å².